The first-order chi connectivity index (χ1) is 16.3. The highest BCUT2D eigenvalue weighted by Gasteiger charge is 2.46. The Morgan fingerprint density at radius 2 is 1.51 bits per heavy atom. The van der Waals surface area contributed by atoms with Gasteiger partial charge in [-0.25, -0.2) is 9.36 Å². The van der Waals surface area contributed by atoms with Crippen LogP contribution in [0.4, 0.5) is 10.5 Å². The molecule has 0 aliphatic carbocycles. The number of hydrogen-bond acceptors (Lipinski definition) is 5. The number of anilines is 1. The molecule has 1 saturated heterocycles. The molecule has 9 nitrogen and oxygen atoms in total. The fraction of sp³-hybridized carbons (Fsp3) is 0.480. The van der Waals surface area contributed by atoms with Gasteiger partial charge >= 0.3 is 13.9 Å². The summed E-state index contributed by atoms with van der Waals surface area (Å²) < 4.78 is 28.1. The summed E-state index contributed by atoms with van der Waals surface area (Å²) in [6.07, 6.45) is -0.472. The number of phosphoric ester groups is 1. The number of benzene rings is 2. The fourth-order valence-corrected chi connectivity index (χ4v) is 4.49. The molecule has 1 fully saturated rings. The van der Waals surface area contributed by atoms with E-state index in [9.17, 15) is 9.36 Å². The highest BCUT2D eigenvalue weighted by atomic mass is 31.2. The number of phosphoric acid groups is 1. The lowest BCUT2D eigenvalue weighted by molar-refractivity contribution is -0.176. The van der Waals surface area contributed by atoms with Crippen molar-refractivity contribution in [3.8, 4) is 5.75 Å². The number of carbonyl (C=O) groups excluding carboxylic acids is 1. The lowest BCUT2D eigenvalue weighted by atomic mass is 9.93. The lowest BCUT2D eigenvalue weighted by Crippen LogP contribution is -2.44. The van der Waals surface area contributed by atoms with Crippen molar-refractivity contribution in [3.63, 3.8) is 0 Å². The molecule has 35 heavy (non-hydrogen) atoms. The molecule has 1 aliphatic rings. The minimum atomic E-state index is -4.67. The topological polar surface area (TPSA) is 126 Å². The summed E-state index contributed by atoms with van der Waals surface area (Å²) in [6, 6.07) is 11.7. The minimum Gasteiger partial charge on any atom is -0.404 e. The molecule has 0 spiro atoms. The molecule has 2 atom stereocenters. The van der Waals surface area contributed by atoms with E-state index in [2.05, 4.69) is 42.9 Å². The molecule has 0 radical (unpaired) electrons. The first-order valence-corrected chi connectivity index (χ1v) is 13.2. The quantitative estimate of drug-likeness (QED) is 0.362. The maximum absolute atomic E-state index is 13.0. The second kappa shape index (κ2) is 10.7. The summed E-state index contributed by atoms with van der Waals surface area (Å²) >= 11 is 0. The fourth-order valence-electron chi connectivity index (χ4n) is 4.10. The zero-order chi connectivity index (χ0) is 26.0. The monoisotopic (exact) mass is 506 g/mol. The van der Waals surface area contributed by atoms with Gasteiger partial charge < -0.3 is 24.6 Å². The van der Waals surface area contributed by atoms with Crippen LogP contribution in [-0.4, -0.2) is 34.6 Å². The smallest absolute Gasteiger partial charge is 0.404 e. The summed E-state index contributed by atoms with van der Waals surface area (Å²) in [7, 11) is -4.67. The van der Waals surface area contributed by atoms with Crippen LogP contribution in [0.5, 0.6) is 5.75 Å². The van der Waals surface area contributed by atoms with Gasteiger partial charge in [0, 0.05) is 11.3 Å². The Kier molecular flexibility index (Phi) is 8.29. The number of nitrogens with one attached hydrogen (secondary N) is 2. The average molecular weight is 507 g/mol. The first-order valence-electron chi connectivity index (χ1n) is 11.7. The number of hydrogen-bond donors (Lipinski definition) is 4. The van der Waals surface area contributed by atoms with Crippen molar-refractivity contribution in [3.05, 3.63) is 59.2 Å². The molecule has 10 heteroatoms. The van der Waals surface area contributed by atoms with Crippen LogP contribution in [0.3, 0.4) is 0 Å². The third kappa shape index (κ3) is 6.63. The van der Waals surface area contributed by atoms with Crippen molar-refractivity contribution in [2.75, 3.05) is 11.9 Å². The van der Waals surface area contributed by atoms with Crippen LogP contribution < -0.4 is 15.2 Å². The van der Waals surface area contributed by atoms with Crippen LogP contribution in [0.2, 0.25) is 0 Å². The van der Waals surface area contributed by atoms with Crippen molar-refractivity contribution >= 4 is 19.5 Å². The van der Waals surface area contributed by atoms with Crippen LogP contribution in [-0.2, 0) is 19.8 Å². The molecule has 4 N–H and O–H groups in total. The van der Waals surface area contributed by atoms with Crippen LogP contribution in [0.15, 0.2) is 42.5 Å². The van der Waals surface area contributed by atoms with E-state index < -0.39 is 13.6 Å². The Morgan fingerprint density at radius 1 is 1.00 bits per heavy atom. The van der Waals surface area contributed by atoms with Crippen molar-refractivity contribution in [2.24, 2.45) is 0 Å². The van der Waals surface area contributed by atoms with Crippen LogP contribution >= 0.6 is 7.82 Å². The molecule has 192 valence electrons. The number of amides is 2. The lowest BCUT2D eigenvalue weighted by Gasteiger charge is -2.29. The average Bonchev–Trinajstić information content (AvgIpc) is 3.06. The van der Waals surface area contributed by atoms with E-state index in [1.165, 1.54) is 12.1 Å². The standard InChI is InChI=1S/C25H35N2O7P/c1-15(2)21-8-7-9-22(16(3)4)23(21)27-24(28)26-14-25(32-17(5)18(6)33-25)19-10-12-20(13-11-19)34-35(29,30)31/h7-13,15-18H,14H2,1-6H3,(H2,26,27,28)(H2,29,30,31)/t17-,18-/m1/s1. The minimum absolute atomic E-state index is 0.00790. The number of para-hydroxylation sites is 1. The van der Waals surface area contributed by atoms with Crippen molar-refractivity contribution < 1.29 is 33.1 Å². The van der Waals surface area contributed by atoms with Gasteiger partial charge in [0.15, 0.2) is 0 Å². The molecule has 0 aromatic heterocycles. The predicted molar refractivity (Wildman–Crippen MR) is 134 cm³/mol. The number of urea groups is 1. The van der Waals surface area contributed by atoms with Crippen LogP contribution in [0.25, 0.3) is 0 Å². The molecule has 0 unspecified atom stereocenters. The van der Waals surface area contributed by atoms with Gasteiger partial charge in [-0.3, -0.25) is 9.79 Å². The van der Waals surface area contributed by atoms with Gasteiger partial charge in [0.05, 0.1) is 18.8 Å². The van der Waals surface area contributed by atoms with E-state index in [0.717, 1.165) is 16.8 Å². The SMILES string of the molecule is CC(C)c1cccc(C(C)C)c1NC(=O)NCC1(c2ccc(OP(=O)(O)O)cc2)O[C@H](C)[C@@H](C)O1. The molecular formula is C25H35N2O7P. The maximum Gasteiger partial charge on any atom is 0.524 e. The molecule has 0 saturated carbocycles. The molecule has 2 aromatic rings. The van der Waals surface area contributed by atoms with Gasteiger partial charge in [0.1, 0.15) is 5.75 Å². The van der Waals surface area contributed by atoms with Crippen molar-refractivity contribution in [1.29, 1.82) is 0 Å². The predicted octanol–water partition coefficient (Wildman–Crippen LogP) is 5.20. The third-order valence-electron chi connectivity index (χ3n) is 6.03. The Bertz CT molecular complexity index is 1050. The molecule has 2 amide bonds. The molecule has 0 bridgehead atoms. The van der Waals surface area contributed by atoms with E-state index >= 15 is 0 Å². The molecular weight excluding hydrogens is 471 g/mol. The zero-order valence-electron chi connectivity index (χ0n) is 20.9. The zero-order valence-corrected chi connectivity index (χ0v) is 21.8. The Hall–Kier alpha value is -2.42. The Labute approximate surface area is 206 Å². The van der Waals surface area contributed by atoms with E-state index in [0.29, 0.717) is 5.56 Å². The first kappa shape index (κ1) is 27.2. The van der Waals surface area contributed by atoms with Crippen LogP contribution in [0, 0.1) is 0 Å². The number of ether oxygens (including phenoxy) is 2. The van der Waals surface area contributed by atoms with Crippen molar-refractivity contribution in [2.45, 2.75) is 71.4 Å². The highest BCUT2D eigenvalue weighted by molar-refractivity contribution is 7.46. The summed E-state index contributed by atoms with van der Waals surface area (Å²) in [5, 5.41) is 5.91. The van der Waals surface area contributed by atoms with E-state index in [4.69, 9.17) is 19.3 Å². The van der Waals surface area contributed by atoms with Gasteiger partial charge in [0.2, 0.25) is 5.79 Å². The third-order valence-corrected chi connectivity index (χ3v) is 6.47. The van der Waals surface area contributed by atoms with Gasteiger partial charge in [-0.05, 0) is 61.1 Å². The molecule has 2 aromatic carbocycles. The van der Waals surface area contributed by atoms with E-state index in [-0.39, 0.29) is 42.4 Å². The summed E-state index contributed by atoms with van der Waals surface area (Å²) in [5.41, 5.74) is 3.49. The number of carbonyl (C=O) groups is 1. The number of rotatable bonds is 8. The summed E-state index contributed by atoms with van der Waals surface area (Å²) in [5.74, 6) is -0.802. The summed E-state index contributed by atoms with van der Waals surface area (Å²) in [4.78, 5) is 31.1. The van der Waals surface area contributed by atoms with E-state index in [1.54, 1.807) is 12.1 Å². The largest absolute Gasteiger partial charge is 0.524 e. The second-order valence-corrected chi connectivity index (χ2v) is 10.6. The van der Waals surface area contributed by atoms with Gasteiger partial charge in [-0.2, -0.15) is 0 Å². The van der Waals surface area contributed by atoms with Crippen LogP contribution in [0.1, 0.15) is 70.1 Å². The van der Waals surface area contributed by atoms with Crippen molar-refractivity contribution in [1.82, 2.24) is 5.32 Å². The van der Waals surface area contributed by atoms with E-state index in [1.807, 2.05) is 32.0 Å². The summed E-state index contributed by atoms with van der Waals surface area (Å²) in [6.45, 7) is 12.1. The maximum atomic E-state index is 13.0. The van der Waals surface area contributed by atoms with Gasteiger partial charge in [-0.1, -0.05) is 45.9 Å². The molecule has 1 aliphatic heterocycles. The highest BCUT2D eigenvalue weighted by Crippen LogP contribution is 2.41. The van der Waals surface area contributed by atoms with Gasteiger partial charge in [0.25, 0.3) is 0 Å². The Balaban J connectivity index is 1.81. The van der Waals surface area contributed by atoms with Gasteiger partial charge in [-0.15, -0.1) is 0 Å². The Morgan fingerprint density at radius 3 is 1.97 bits per heavy atom. The second-order valence-electron chi connectivity index (χ2n) is 9.43. The molecule has 3 rings (SSSR count). The normalized spacial score (nSPS) is 19.7. The molecule has 1 heterocycles.